The molecular formula is C75H124N26O24S. The molecule has 0 spiro atoms. The number of aliphatic hydroxyl groups excluding tert-OH is 3. The van der Waals surface area contributed by atoms with Crippen LogP contribution in [-0.2, 0) is 102 Å². The number of thioether (sulfide) groups is 1. The second-order valence-corrected chi connectivity index (χ2v) is 31.2. The van der Waals surface area contributed by atoms with Gasteiger partial charge in [-0.2, -0.15) is 11.8 Å². The largest absolute Gasteiger partial charge is 0.480 e. The van der Waals surface area contributed by atoms with Gasteiger partial charge in [-0.3, -0.25) is 102 Å². The molecule has 1 aromatic carbocycles. The molecule has 0 saturated carbocycles. The van der Waals surface area contributed by atoms with E-state index in [-0.39, 0.29) is 102 Å². The third-order valence-electron chi connectivity index (χ3n) is 18.9. The zero-order chi connectivity index (χ0) is 95.2. The molecule has 34 N–H and O–H groups in total. The van der Waals surface area contributed by atoms with Gasteiger partial charge in [-0.05, 0) is 108 Å². The molecule has 15 atom stereocenters. The van der Waals surface area contributed by atoms with E-state index in [0.717, 1.165) is 4.90 Å². The Morgan fingerprint density at radius 2 is 0.881 bits per heavy atom. The Labute approximate surface area is 730 Å². The summed E-state index contributed by atoms with van der Waals surface area (Å²) >= 11 is 1.21. The lowest BCUT2D eigenvalue weighted by molar-refractivity contribution is -0.143. The lowest BCUT2D eigenvalue weighted by atomic mass is 9.99. The third kappa shape index (κ3) is 41.2. The Balaban J connectivity index is 2.37. The SMILES string of the molecule is CSCC[C@H](NC(=O)[C@H](CCCNC(=N)N)NC(=O)[C@H](CO)NC(=O)CNC(=O)[C@H](C)NC(=O)[C@H](C)NC(=O)CNC(=O)[C@H](C)NC(=O)[C@@H](N)CCC(N)=O)C(=O)N[C@@H](CC(N)=O)C(=O)N[C@@H](Cc1ccccc1)C(=O)N[C@@H](CCCNC(=N)N)C(=O)N1CCC[C@H]1C(=O)NCC(=O)N[C@H](C(=O)N[C@@H](CC(C)C)C(=O)N[C@@H](CO)C(=O)N[C@@H](CO)C(=O)O)C(C)C. The van der Waals surface area contributed by atoms with Gasteiger partial charge in [0.1, 0.15) is 84.6 Å². The van der Waals surface area contributed by atoms with E-state index in [0.29, 0.717) is 5.56 Å². The first-order valence-electron chi connectivity index (χ1n) is 40.4. The van der Waals surface area contributed by atoms with Crippen LogP contribution in [0.15, 0.2) is 30.3 Å². The number of aliphatic hydroxyl groups is 3. The van der Waals surface area contributed by atoms with Crippen LogP contribution in [0.25, 0.3) is 0 Å². The van der Waals surface area contributed by atoms with Gasteiger partial charge < -0.3 is 150 Å². The number of amides is 19. The van der Waals surface area contributed by atoms with Gasteiger partial charge in [0.2, 0.25) is 112 Å². The van der Waals surface area contributed by atoms with Crippen molar-refractivity contribution in [3.63, 3.8) is 0 Å². The zero-order valence-electron chi connectivity index (χ0n) is 71.5. The summed E-state index contributed by atoms with van der Waals surface area (Å²) in [4.78, 5) is 268. The summed E-state index contributed by atoms with van der Waals surface area (Å²) in [5, 5.41) is 97.2. The number of carbonyl (C=O) groups excluding carboxylic acids is 19. The smallest absolute Gasteiger partial charge is 0.328 e. The molecule has 1 fully saturated rings. The molecule has 0 radical (unpaired) electrons. The first kappa shape index (κ1) is 109. The van der Waals surface area contributed by atoms with Crippen LogP contribution in [0.5, 0.6) is 0 Å². The summed E-state index contributed by atoms with van der Waals surface area (Å²) in [6.45, 7) is 4.77. The number of primary amides is 2. The second kappa shape index (κ2) is 57.0. The molecule has 0 aromatic heterocycles. The van der Waals surface area contributed by atoms with E-state index in [1.54, 1.807) is 64.3 Å². The third-order valence-corrected chi connectivity index (χ3v) is 19.5. The molecule has 0 bridgehead atoms. The number of hydrogen-bond acceptors (Lipinski definition) is 27. The second-order valence-electron chi connectivity index (χ2n) is 30.2. The van der Waals surface area contributed by atoms with Gasteiger partial charge in [0.15, 0.2) is 11.9 Å². The number of carboxylic acid groups (broad SMARTS) is 1. The number of rotatable bonds is 58. The Hall–Kier alpha value is -12.6. The van der Waals surface area contributed by atoms with Gasteiger partial charge in [-0.25, -0.2) is 4.79 Å². The van der Waals surface area contributed by atoms with E-state index in [1.165, 1.54) is 32.5 Å². The predicted octanol–water partition coefficient (Wildman–Crippen LogP) is -12.6. The Morgan fingerprint density at radius 1 is 0.452 bits per heavy atom. The van der Waals surface area contributed by atoms with Crippen molar-refractivity contribution in [2.45, 2.75) is 216 Å². The van der Waals surface area contributed by atoms with Crippen LogP contribution in [0.2, 0.25) is 0 Å². The highest BCUT2D eigenvalue weighted by atomic mass is 32.2. The fourth-order valence-corrected chi connectivity index (χ4v) is 12.5. The van der Waals surface area contributed by atoms with Gasteiger partial charge >= 0.3 is 5.97 Å². The van der Waals surface area contributed by atoms with Crippen LogP contribution in [0.4, 0.5) is 0 Å². The highest BCUT2D eigenvalue weighted by molar-refractivity contribution is 7.98. The molecule has 19 amide bonds. The number of guanidine groups is 2. The maximum absolute atomic E-state index is 14.9. The van der Waals surface area contributed by atoms with Gasteiger partial charge in [0.25, 0.3) is 0 Å². The predicted molar refractivity (Wildman–Crippen MR) is 451 cm³/mol. The molecule has 1 saturated heterocycles. The minimum atomic E-state index is -1.90. The first-order chi connectivity index (χ1) is 59.3. The van der Waals surface area contributed by atoms with Crippen molar-refractivity contribution in [3.8, 4) is 0 Å². The number of nitrogens with zero attached hydrogens (tertiary/aromatic N) is 1. The van der Waals surface area contributed by atoms with Gasteiger partial charge in [-0.1, -0.05) is 58.0 Å². The number of likely N-dealkylation sites (tertiary alicyclic amines) is 1. The molecule has 50 nitrogen and oxygen atoms in total. The maximum Gasteiger partial charge on any atom is 0.328 e. The molecule has 51 heteroatoms. The summed E-state index contributed by atoms with van der Waals surface area (Å²) in [5.41, 5.74) is 27.9. The molecule has 126 heavy (non-hydrogen) atoms. The number of hydrogen-bond donors (Lipinski definition) is 29. The van der Waals surface area contributed by atoms with E-state index in [2.05, 4.69) is 90.4 Å². The first-order valence-corrected chi connectivity index (χ1v) is 41.8. The quantitative estimate of drug-likeness (QED) is 0.0164. The lowest BCUT2D eigenvalue weighted by Gasteiger charge is -2.30. The lowest BCUT2D eigenvalue weighted by Crippen LogP contribution is -2.61. The molecule has 1 aliphatic rings. The average Bonchev–Trinajstić information content (AvgIpc) is 1.64. The molecular weight excluding hydrogens is 1680 g/mol. The molecule has 2 rings (SSSR count). The summed E-state index contributed by atoms with van der Waals surface area (Å²) < 4.78 is 0. The minimum absolute atomic E-state index is 0.00821. The topological polar surface area (TPSA) is 820 Å². The maximum atomic E-state index is 14.9. The van der Waals surface area contributed by atoms with Crippen LogP contribution < -0.4 is 124 Å². The number of carbonyl (C=O) groups is 20. The number of nitrogens with two attached hydrogens (primary N) is 5. The molecule has 1 heterocycles. The monoisotopic (exact) mass is 1800 g/mol. The summed E-state index contributed by atoms with van der Waals surface area (Å²) in [6, 6.07) is -14.5. The summed E-state index contributed by atoms with van der Waals surface area (Å²) in [6.07, 6.45) is -0.209. The van der Waals surface area contributed by atoms with Crippen LogP contribution in [0, 0.1) is 22.7 Å². The summed E-state index contributed by atoms with van der Waals surface area (Å²) in [7, 11) is 0. The van der Waals surface area contributed by atoms with Crippen LogP contribution in [-0.4, -0.2) is 317 Å². The van der Waals surface area contributed by atoms with Crippen molar-refractivity contribution in [1.29, 1.82) is 10.8 Å². The fourth-order valence-electron chi connectivity index (χ4n) is 12.0. The van der Waals surface area contributed by atoms with Crippen molar-refractivity contribution < 1.29 is 116 Å². The highest BCUT2D eigenvalue weighted by Gasteiger charge is 2.41. The number of nitrogens with one attached hydrogen (secondary N) is 20. The number of aliphatic carboxylic acids is 1. The zero-order valence-corrected chi connectivity index (χ0v) is 72.3. The Bertz CT molecular complexity index is 3960. The van der Waals surface area contributed by atoms with Gasteiger partial charge in [0, 0.05) is 32.5 Å². The van der Waals surface area contributed by atoms with Crippen molar-refractivity contribution in [2.24, 2.45) is 40.5 Å². The standard InChI is InChI=1S/C75H124N26O24S/c1-36(2)27-46(65(116)98-50(34-103)69(120)99-51(35-104)73(124)125)97-71(122)58(37(3)4)100-57(109)32-87-70(121)52-19-14-25-101(52)72(123)45(18-13-24-84-75(81)82)94-66(117)47(28-41-15-10-9-11-16-41)95-67(118)48(29-54(78)106)96-64(115)44(22-26-126-8)93-63(114)43(17-12-23-83-74(79)80)92-68(119)49(33-102)91-56(108)31-86-59(110)38(5)89-61(112)40(7)88-55(107)30-85-60(111)39(6)90-62(113)42(76)20-21-53(77)105/h9-11,15-16,36-40,42-52,58,102-104H,12-14,17-35,76H2,1-8H3,(H2,77,105)(H2,78,106)(H,85,111)(H,86,110)(H,87,121)(H,88,107)(H,89,112)(H,90,113)(H,91,108)(H,92,119)(H,93,114)(H,94,117)(H,95,118)(H,96,115)(H,97,122)(H,98,116)(H,99,120)(H,100,109)(H,124,125)(H4,79,80,83)(H4,81,82,84)/t38-,39-,40-,42-,43-,44-,45-,46-,47-,48-,49-,50-,51-,52-,58-/m0/s1. The van der Waals surface area contributed by atoms with Crippen molar-refractivity contribution in [1.82, 2.24) is 101 Å². The van der Waals surface area contributed by atoms with Crippen LogP contribution >= 0.6 is 11.8 Å². The van der Waals surface area contributed by atoms with E-state index >= 15 is 0 Å². The fraction of sp³-hybridized carbons (Fsp3) is 0.627. The van der Waals surface area contributed by atoms with Crippen molar-refractivity contribution in [2.75, 3.05) is 71.1 Å². The van der Waals surface area contributed by atoms with E-state index in [9.17, 15) is 116 Å². The van der Waals surface area contributed by atoms with Gasteiger partial charge in [-0.15, -0.1) is 0 Å². The van der Waals surface area contributed by atoms with Crippen LogP contribution in [0.3, 0.4) is 0 Å². The molecule has 0 unspecified atom stereocenters. The summed E-state index contributed by atoms with van der Waals surface area (Å²) in [5.74, 6) is -21.6. The number of carboxylic acids is 1. The minimum Gasteiger partial charge on any atom is -0.480 e. The Morgan fingerprint density at radius 3 is 1.39 bits per heavy atom. The molecule has 704 valence electrons. The normalized spacial score (nSPS) is 15.5. The molecule has 1 aromatic rings. The average molecular weight is 1810 g/mol. The molecule has 0 aliphatic carbocycles. The van der Waals surface area contributed by atoms with E-state index in [4.69, 9.17) is 39.5 Å². The van der Waals surface area contributed by atoms with Gasteiger partial charge in [0.05, 0.1) is 51.9 Å². The highest BCUT2D eigenvalue weighted by Crippen LogP contribution is 2.21. The van der Waals surface area contributed by atoms with E-state index < -0.39 is 273 Å². The molecule has 1 aliphatic heterocycles. The van der Waals surface area contributed by atoms with Crippen molar-refractivity contribution >= 4 is 142 Å². The van der Waals surface area contributed by atoms with Crippen LogP contribution in [0.1, 0.15) is 125 Å². The van der Waals surface area contributed by atoms with E-state index in [1.807, 2.05) is 5.32 Å². The number of benzene rings is 1. The Kier molecular flexibility index (Phi) is 49.5. The van der Waals surface area contributed by atoms with Crippen molar-refractivity contribution in [3.05, 3.63) is 35.9 Å².